The first-order valence-electron chi connectivity index (χ1n) is 9.25. The molecule has 3 aromatic rings. The molecule has 142 valence electrons. The lowest BCUT2D eigenvalue weighted by atomic mass is 10.1. The highest BCUT2D eigenvalue weighted by Gasteiger charge is 2.23. The number of rotatable bonds is 4. The van der Waals surface area contributed by atoms with Gasteiger partial charge in [-0.2, -0.15) is 0 Å². The van der Waals surface area contributed by atoms with Gasteiger partial charge in [0.1, 0.15) is 10.6 Å². The van der Waals surface area contributed by atoms with Crippen LogP contribution in [0.4, 0.5) is 10.3 Å². The van der Waals surface area contributed by atoms with Gasteiger partial charge in [-0.1, -0.05) is 6.42 Å². The van der Waals surface area contributed by atoms with E-state index in [9.17, 15) is 14.3 Å². The number of aryl methyl sites for hydroxylation is 2. The summed E-state index contributed by atoms with van der Waals surface area (Å²) < 4.78 is 14.9. The number of likely N-dealkylation sites (N-methyl/N-ethyl adjacent to an activating group) is 1. The highest BCUT2D eigenvalue weighted by Crippen LogP contribution is 2.34. The van der Waals surface area contributed by atoms with Gasteiger partial charge >= 0.3 is 0 Å². The molecule has 0 radical (unpaired) electrons. The fourth-order valence-electron chi connectivity index (χ4n) is 3.70. The van der Waals surface area contributed by atoms with Crippen molar-refractivity contribution in [2.45, 2.75) is 32.1 Å². The van der Waals surface area contributed by atoms with Gasteiger partial charge in [0.15, 0.2) is 0 Å². The van der Waals surface area contributed by atoms with Crippen LogP contribution >= 0.6 is 11.3 Å². The van der Waals surface area contributed by atoms with E-state index in [-0.39, 0.29) is 18.0 Å². The quantitative estimate of drug-likeness (QED) is 0.698. The summed E-state index contributed by atoms with van der Waals surface area (Å²) in [5.41, 5.74) is 1.59. The molecule has 5 nitrogen and oxygen atoms in total. The van der Waals surface area contributed by atoms with E-state index < -0.39 is 0 Å². The third-order valence-corrected chi connectivity index (χ3v) is 6.27. The minimum Gasteiger partial charge on any atom is -0.395 e. The molecule has 27 heavy (non-hydrogen) atoms. The van der Waals surface area contributed by atoms with Gasteiger partial charge in [-0.15, -0.1) is 11.3 Å². The van der Waals surface area contributed by atoms with Gasteiger partial charge in [-0.25, -0.2) is 13.9 Å². The number of aromatic nitrogens is 2. The van der Waals surface area contributed by atoms with Crippen molar-refractivity contribution >= 4 is 27.5 Å². The van der Waals surface area contributed by atoms with E-state index in [2.05, 4.69) is 0 Å². The Morgan fingerprint density at radius 2 is 1.96 bits per heavy atom. The molecule has 0 spiro atoms. The Balaban J connectivity index is 2.01. The minimum absolute atomic E-state index is 0.0469. The van der Waals surface area contributed by atoms with Crippen LogP contribution in [-0.2, 0) is 12.8 Å². The first kappa shape index (κ1) is 18.1. The summed E-state index contributed by atoms with van der Waals surface area (Å²) in [6, 6.07) is 5.86. The average Bonchev–Trinajstić information content (AvgIpc) is 2.84. The summed E-state index contributed by atoms with van der Waals surface area (Å²) in [6.45, 7) is 0.305. The van der Waals surface area contributed by atoms with Crippen molar-refractivity contribution in [3.8, 4) is 5.69 Å². The van der Waals surface area contributed by atoms with Gasteiger partial charge in [-0.05, 0) is 55.5 Å². The normalized spacial score (nSPS) is 14.2. The maximum absolute atomic E-state index is 13.5. The highest BCUT2D eigenvalue weighted by atomic mass is 32.1. The third-order valence-electron chi connectivity index (χ3n) is 5.08. The number of hydrogen-bond donors (Lipinski definition) is 1. The number of fused-ring (bicyclic) bond motifs is 3. The molecule has 1 aromatic carbocycles. The van der Waals surface area contributed by atoms with Crippen molar-refractivity contribution in [1.29, 1.82) is 0 Å². The molecule has 7 heteroatoms. The summed E-state index contributed by atoms with van der Waals surface area (Å²) in [4.78, 5) is 22.1. The number of thiophene rings is 1. The molecular formula is C20H22FN3O2S. The second kappa shape index (κ2) is 7.40. The second-order valence-electron chi connectivity index (χ2n) is 6.92. The number of halogens is 1. The second-order valence-corrected chi connectivity index (χ2v) is 8.00. The molecule has 1 N–H and O–H groups in total. The Morgan fingerprint density at radius 1 is 1.22 bits per heavy atom. The van der Waals surface area contributed by atoms with Crippen LogP contribution in [0.1, 0.15) is 29.7 Å². The monoisotopic (exact) mass is 387 g/mol. The Bertz CT molecular complexity index is 1030. The van der Waals surface area contributed by atoms with Crippen LogP contribution in [0.25, 0.3) is 15.9 Å². The molecule has 1 aliphatic carbocycles. The molecule has 0 saturated carbocycles. The zero-order chi connectivity index (χ0) is 19.0. The van der Waals surface area contributed by atoms with Crippen LogP contribution in [0.3, 0.4) is 0 Å². The van der Waals surface area contributed by atoms with E-state index >= 15 is 0 Å². The average molecular weight is 387 g/mol. The summed E-state index contributed by atoms with van der Waals surface area (Å²) in [6.07, 6.45) is 5.31. The first-order chi connectivity index (χ1) is 13.1. The van der Waals surface area contributed by atoms with Crippen LogP contribution < -0.4 is 10.5 Å². The van der Waals surface area contributed by atoms with Crippen LogP contribution in [0, 0.1) is 5.82 Å². The van der Waals surface area contributed by atoms with Gasteiger partial charge in [0.25, 0.3) is 5.56 Å². The fourth-order valence-corrected chi connectivity index (χ4v) is 4.95. The van der Waals surface area contributed by atoms with E-state index in [0.717, 1.165) is 36.1 Å². The third kappa shape index (κ3) is 3.26. The fraction of sp³-hybridized carbons (Fsp3) is 0.400. The lowest BCUT2D eigenvalue weighted by Gasteiger charge is -2.21. The molecule has 0 saturated heterocycles. The summed E-state index contributed by atoms with van der Waals surface area (Å²) >= 11 is 1.61. The maximum Gasteiger partial charge on any atom is 0.268 e. The Hall–Kier alpha value is -2.25. The summed E-state index contributed by atoms with van der Waals surface area (Å²) in [7, 11) is 1.79. The van der Waals surface area contributed by atoms with Crippen molar-refractivity contribution in [2.75, 3.05) is 25.1 Å². The summed E-state index contributed by atoms with van der Waals surface area (Å²) in [5.74, 6) is 0.111. The highest BCUT2D eigenvalue weighted by molar-refractivity contribution is 7.18. The zero-order valence-electron chi connectivity index (χ0n) is 15.2. The van der Waals surface area contributed by atoms with Crippen molar-refractivity contribution < 1.29 is 9.50 Å². The smallest absolute Gasteiger partial charge is 0.268 e. The van der Waals surface area contributed by atoms with Gasteiger partial charge in [-0.3, -0.25) is 4.79 Å². The predicted octanol–water partition coefficient (Wildman–Crippen LogP) is 3.28. The van der Waals surface area contributed by atoms with Gasteiger partial charge in [0.2, 0.25) is 5.95 Å². The first-order valence-corrected chi connectivity index (χ1v) is 10.1. The number of nitrogens with zero attached hydrogens (tertiary/aromatic N) is 3. The minimum atomic E-state index is -0.351. The standard InChI is InChI=1S/C20H22FN3O2S/c1-23(11-12-25)20-22-18-17(15-5-3-2-4-6-16(15)27-18)19(26)24(20)14-9-7-13(21)8-10-14/h7-10,25H,2-6,11-12H2,1H3. The molecule has 2 aromatic heterocycles. The zero-order valence-corrected chi connectivity index (χ0v) is 16.1. The molecule has 2 heterocycles. The predicted molar refractivity (Wildman–Crippen MR) is 107 cm³/mol. The van der Waals surface area contributed by atoms with Gasteiger partial charge in [0.05, 0.1) is 17.7 Å². The van der Waals surface area contributed by atoms with Crippen molar-refractivity contribution in [3.05, 3.63) is 50.9 Å². The molecule has 1 aliphatic rings. The molecule has 0 fully saturated rings. The van der Waals surface area contributed by atoms with Crippen LogP contribution in [0.5, 0.6) is 0 Å². The van der Waals surface area contributed by atoms with Crippen molar-refractivity contribution in [3.63, 3.8) is 0 Å². The van der Waals surface area contributed by atoms with E-state index in [1.165, 1.54) is 28.0 Å². The molecular weight excluding hydrogens is 365 g/mol. The number of aliphatic hydroxyl groups is 1. The maximum atomic E-state index is 13.5. The SMILES string of the molecule is CN(CCO)c1nc2sc3c(c2c(=O)n1-c1ccc(F)cc1)CCCCC3. The number of anilines is 1. The van der Waals surface area contributed by atoms with Crippen molar-refractivity contribution in [2.24, 2.45) is 0 Å². The van der Waals surface area contributed by atoms with Crippen LogP contribution in [0.2, 0.25) is 0 Å². The van der Waals surface area contributed by atoms with Gasteiger partial charge < -0.3 is 10.0 Å². The summed E-state index contributed by atoms with van der Waals surface area (Å²) in [5, 5.41) is 10.0. The lowest BCUT2D eigenvalue weighted by molar-refractivity contribution is 0.303. The molecule has 0 aliphatic heterocycles. The van der Waals surface area contributed by atoms with Crippen molar-refractivity contribution in [1.82, 2.24) is 9.55 Å². The Labute approximate surface area is 160 Å². The van der Waals surface area contributed by atoms with Crippen LogP contribution in [0.15, 0.2) is 29.1 Å². The molecule has 0 amide bonds. The lowest BCUT2D eigenvalue weighted by Crippen LogP contribution is -2.31. The van der Waals surface area contributed by atoms with Gasteiger partial charge in [0, 0.05) is 18.5 Å². The molecule has 4 rings (SSSR count). The Kier molecular flexibility index (Phi) is 4.97. The molecule has 0 unspecified atom stereocenters. The van der Waals surface area contributed by atoms with E-state index in [1.807, 2.05) is 0 Å². The van der Waals surface area contributed by atoms with E-state index in [4.69, 9.17) is 4.98 Å². The van der Waals surface area contributed by atoms with E-state index in [1.54, 1.807) is 35.4 Å². The number of benzene rings is 1. The number of hydrogen-bond acceptors (Lipinski definition) is 5. The number of aliphatic hydroxyl groups excluding tert-OH is 1. The largest absolute Gasteiger partial charge is 0.395 e. The van der Waals surface area contributed by atoms with Crippen LogP contribution in [-0.4, -0.2) is 34.9 Å². The Morgan fingerprint density at radius 3 is 2.70 bits per heavy atom. The molecule has 0 bridgehead atoms. The van der Waals surface area contributed by atoms with E-state index in [0.29, 0.717) is 23.6 Å². The topological polar surface area (TPSA) is 58.4 Å². The molecule has 0 atom stereocenters.